The Balaban J connectivity index is 1.70. The predicted octanol–water partition coefficient (Wildman–Crippen LogP) is 2.34. The van der Waals surface area contributed by atoms with Crippen LogP contribution in [0.2, 0.25) is 0 Å². The average molecular weight is 363 g/mol. The van der Waals surface area contributed by atoms with Crippen molar-refractivity contribution < 1.29 is 19.1 Å². The molecule has 0 saturated carbocycles. The van der Waals surface area contributed by atoms with E-state index in [0.717, 1.165) is 0 Å². The van der Waals surface area contributed by atoms with Crippen molar-refractivity contribution in [3.63, 3.8) is 0 Å². The van der Waals surface area contributed by atoms with Crippen LogP contribution in [0.1, 0.15) is 22.3 Å². The maximum atomic E-state index is 12.5. The smallest absolute Gasteiger partial charge is 0.337 e. The van der Waals surface area contributed by atoms with Crippen LogP contribution in [0.15, 0.2) is 48.5 Å². The Morgan fingerprint density at radius 2 is 1.96 bits per heavy atom. The second-order valence-electron chi connectivity index (χ2n) is 6.13. The summed E-state index contributed by atoms with van der Waals surface area (Å²) in [6.45, 7) is 0.228. The molecule has 2 aromatic rings. The van der Waals surface area contributed by atoms with Crippen LogP contribution < -0.4 is 10.2 Å². The zero-order valence-electron chi connectivity index (χ0n) is 14.6. The number of methoxy groups -OCH3 is 1. The van der Waals surface area contributed by atoms with Gasteiger partial charge in [-0.05, 0) is 42.5 Å². The highest BCUT2D eigenvalue weighted by molar-refractivity contribution is 6.04. The lowest BCUT2D eigenvalue weighted by Gasteiger charge is -2.17. The maximum Gasteiger partial charge on any atom is 0.337 e. The molecule has 0 radical (unpaired) electrons. The second kappa shape index (κ2) is 7.70. The summed E-state index contributed by atoms with van der Waals surface area (Å²) in [6.07, 6.45) is 0.0879. The molecule has 1 aliphatic heterocycles. The molecule has 1 N–H and O–H groups in total. The van der Waals surface area contributed by atoms with Crippen LogP contribution in [-0.4, -0.2) is 31.4 Å². The van der Waals surface area contributed by atoms with Gasteiger partial charge in [-0.3, -0.25) is 9.59 Å². The fraction of sp³-hybridized carbons (Fsp3) is 0.200. The van der Waals surface area contributed by atoms with E-state index in [-0.39, 0.29) is 24.8 Å². The largest absolute Gasteiger partial charge is 0.465 e. The molecule has 0 aromatic heterocycles. The van der Waals surface area contributed by atoms with E-state index in [1.807, 2.05) is 6.07 Å². The standard InChI is InChI=1S/C20H17N3O4/c1-27-20(26)14-3-2-4-17(9-14)23-12-15(10-18(23)24)19(25)22-16-7-5-13(11-21)6-8-16/h2-9,15H,10,12H2,1H3,(H,22,25). The number of hydrogen-bond acceptors (Lipinski definition) is 5. The summed E-state index contributed by atoms with van der Waals surface area (Å²) in [5, 5.41) is 11.6. The number of carbonyl (C=O) groups excluding carboxylic acids is 3. The van der Waals surface area contributed by atoms with E-state index in [0.29, 0.717) is 22.5 Å². The van der Waals surface area contributed by atoms with Gasteiger partial charge in [0.25, 0.3) is 0 Å². The van der Waals surface area contributed by atoms with E-state index in [2.05, 4.69) is 5.32 Å². The molecule has 1 heterocycles. The molecule has 1 saturated heterocycles. The lowest BCUT2D eigenvalue weighted by atomic mass is 10.1. The molecular formula is C20H17N3O4. The average Bonchev–Trinajstić information content (AvgIpc) is 3.10. The summed E-state index contributed by atoms with van der Waals surface area (Å²) in [5.41, 5.74) is 1.96. The molecule has 0 spiro atoms. The zero-order chi connectivity index (χ0) is 19.4. The van der Waals surface area contributed by atoms with Crippen molar-refractivity contribution in [1.82, 2.24) is 0 Å². The van der Waals surface area contributed by atoms with Gasteiger partial charge < -0.3 is 15.0 Å². The van der Waals surface area contributed by atoms with Crippen molar-refractivity contribution in [2.24, 2.45) is 5.92 Å². The van der Waals surface area contributed by atoms with Gasteiger partial charge >= 0.3 is 5.97 Å². The Morgan fingerprint density at radius 3 is 2.63 bits per heavy atom. The molecule has 1 fully saturated rings. The predicted molar refractivity (Wildman–Crippen MR) is 98.0 cm³/mol. The number of amides is 2. The van der Waals surface area contributed by atoms with Crippen LogP contribution in [0.5, 0.6) is 0 Å². The highest BCUT2D eigenvalue weighted by atomic mass is 16.5. The van der Waals surface area contributed by atoms with E-state index in [9.17, 15) is 14.4 Å². The van der Waals surface area contributed by atoms with Gasteiger partial charge in [0.15, 0.2) is 0 Å². The van der Waals surface area contributed by atoms with Crippen molar-refractivity contribution in [3.8, 4) is 6.07 Å². The quantitative estimate of drug-likeness (QED) is 0.841. The molecule has 2 amide bonds. The lowest BCUT2D eigenvalue weighted by molar-refractivity contribution is -0.122. The molecule has 3 rings (SSSR count). The Labute approximate surface area is 156 Å². The van der Waals surface area contributed by atoms with Gasteiger partial charge in [-0.25, -0.2) is 4.79 Å². The van der Waals surface area contributed by atoms with Crippen LogP contribution in [0.3, 0.4) is 0 Å². The van der Waals surface area contributed by atoms with Gasteiger partial charge in [-0.1, -0.05) is 6.07 Å². The van der Waals surface area contributed by atoms with Gasteiger partial charge in [-0.2, -0.15) is 5.26 Å². The summed E-state index contributed by atoms with van der Waals surface area (Å²) in [7, 11) is 1.29. The van der Waals surface area contributed by atoms with Crippen LogP contribution in [0, 0.1) is 17.2 Å². The molecule has 1 atom stereocenters. The summed E-state index contributed by atoms with van der Waals surface area (Å²) < 4.78 is 4.70. The van der Waals surface area contributed by atoms with Gasteiger partial charge in [0.05, 0.1) is 30.2 Å². The van der Waals surface area contributed by atoms with E-state index < -0.39 is 11.9 Å². The van der Waals surface area contributed by atoms with E-state index in [4.69, 9.17) is 10.00 Å². The number of anilines is 2. The minimum atomic E-state index is -0.505. The molecule has 0 bridgehead atoms. The SMILES string of the molecule is COC(=O)c1cccc(N2CC(C(=O)Nc3ccc(C#N)cc3)CC2=O)c1. The van der Waals surface area contributed by atoms with Crippen molar-refractivity contribution in [2.75, 3.05) is 23.9 Å². The number of carbonyl (C=O) groups is 3. The topological polar surface area (TPSA) is 99.5 Å². The first-order valence-electron chi connectivity index (χ1n) is 8.31. The molecule has 1 unspecified atom stereocenters. The first-order valence-corrected chi connectivity index (χ1v) is 8.31. The minimum absolute atomic E-state index is 0.0879. The Hall–Kier alpha value is -3.66. The number of hydrogen-bond donors (Lipinski definition) is 1. The molecule has 1 aliphatic rings. The number of nitriles is 1. The lowest BCUT2D eigenvalue weighted by Crippen LogP contribution is -2.28. The summed E-state index contributed by atoms with van der Waals surface area (Å²) in [4.78, 5) is 38.0. The van der Waals surface area contributed by atoms with Crippen molar-refractivity contribution in [1.29, 1.82) is 5.26 Å². The van der Waals surface area contributed by atoms with E-state index in [1.54, 1.807) is 48.5 Å². The van der Waals surface area contributed by atoms with Gasteiger partial charge in [0, 0.05) is 24.3 Å². The third-order valence-corrected chi connectivity index (χ3v) is 4.36. The van der Waals surface area contributed by atoms with Crippen LogP contribution >= 0.6 is 0 Å². The molecule has 7 nitrogen and oxygen atoms in total. The molecule has 0 aliphatic carbocycles. The van der Waals surface area contributed by atoms with Gasteiger partial charge in [-0.15, -0.1) is 0 Å². The molecule has 7 heteroatoms. The third kappa shape index (κ3) is 3.96. The fourth-order valence-corrected chi connectivity index (χ4v) is 2.92. The number of esters is 1. The second-order valence-corrected chi connectivity index (χ2v) is 6.13. The first-order chi connectivity index (χ1) is 13.0. The molecule has 27 heavy (non-hydrogen) atoms. The monoisotopic (exact) mass is 363 g/mol. The van der Waals surface area contributed by atoms with Crippen molar-refractivity contribution >= 4 is 29.2 Å². The van der Waals surface area contributed by atoms with Crippen molar-refractivity contribution in [2.45, 2.75) is 6.42 Å². The van der Waals surface area contributed by atoms with Crippen LogP contribution in [0.4, 0.5) is 11.4 Å². The van der Waals surface area contributed by atoms with Gasteiger partial charge in [0.2, 0.25) is 11.8 Å². The Bertz CT molecular complexity index is 931. The highest BCUT2D eigenvalue weighted by Crippen LogP contribution is 2.27. The van der Waals surface area contributed by atoms with Gasteiger partial charge in [0.1, 0.15) is 0 Å². The number of ether oxygens (including phenoxy) is 1. The number of nitrogens with zero attached hydrogens (tertiary/aromatic N) is 2. The Kier molecular flexibility index (Phi) is 5.18. The normalized spacial score (nSPS) is 15.9. The number of nitrogens with one attached hydrogen (secondary N) is 1. The maximum absolute atomic E-state index is 12.5. The number of rotatable bonds is 4. The fourth-order valence-electron chi connectivity index (χ4n) is 2.92. The number of benzene rings is 2. The summed E-state index contributed by atoms with van der Waals surface area (Å²) >= 11 is 0. The summed E-state index contributed by atoms with van der Waals surface area (Å²) in [6, 6.07) is 15.1. The third-order valence-electron chi connectivity index (χ3n) is 4.36. The highest BCUT2D eigenvalue weighted by Gasteiger charge is 2.35. The van der Waals surface area contributed by atoms with Crippen LogP contribution in [-0.2, 0) is 14.3 Å². The minimum Gasteiger partial charge on any atom is -0.465 e. The molecular weight excluding hydrogens is 346 g/mol. The molecule has 136 valence electrons. The zero-order valence-corrected chi connectivity index (χ0v) is 14.6. The van der Waals surface area contributed by atoms with E-state index in [1.165, 1.54) is 12.0 Å². The Morgan fingerprint density at radius 1 is 1.22 bits per heavy atom. The van der Waals surface area contributed by atoms with Crippen molar-refractivity contribution in [3.05, 3.63) is 59.7 Å². The molecule has 2 aromatic carbocycles. The van der Waals surface area contributed by atoms with E-state index >= 15 is 0 Å². The summed E-state index contributed by atoms with van der Waals surface area (Å²) in [5.74, 6) is -1.44. The first kappa shape index (κ1) is 18.1. The van der Waals surface area contributed by atoms with Crippen LogP contribution in [0.25, 0.3) is 0 Å².